The van der Waals surface area contributed by atoms with Gasteiger partial charge in [-0.15, -0.1) is 12.4 Å². The fraction of sp³-hybridized carbons (Fsp3) is 0.462. The number of benzene rings is 1. The minimum Gasteiger partial charge on any atom is -0.334 e. The van der Waals surface area contributed by atoms with Gasteiger partial charge in [0.1, 0.15) is 0 Å². The van der Waals surface area contributed by atoms with E-state index in [4.69, 9.17) is 28.9 Å². The summed E-state index contributed by atoms with van der Waals surface area (Å²) in [5.74, 6) is -0.0492. The Labute approximate surface area is 129 Å². The van der Waals surface area contributed by atoms with Gasteiger partial charge in [0.25, 0.3) is 5.91 Å². The molecular weight excluding hydrogens is 307 g/mol. The molecule has 0 bridgehead atoms. The van der Waals surface area contributed by atoms with Gasteiger partial charge in [-0.2, -0.15) is 0 Å². The van der Waals surface area contributed by atoms with E-state index in [9.17, 15) is 4.79 Å². The Hall–Kier alpha value is -0.480. The van der Waals surface area contributed by atoms with Gasteiger partial charge < -0.3 is 10.6 Å². The molecule has 1 aliphatic heterocycles. The van der Waals surface area contributed by atoms with Gasteiger partial charge >= 0.3 is 0 Å². The molecule has 0 radical (unpaired) electrons. The predicted molar refractivity (Wildman–Crippen MR) is 81.4 cm³/mol. The van der Waals surface area contributed by atoms with Crippen LogP contribution in [-0.2, 0) is 0 Å². The van der Waals surface area contributed by atoms with Crippen molar-refractivity contribution in [3.63, 3.8) is 0 Å². The van der Waals surface area contributed by atoms with Crippen molar-refractivity contribution in [2.45, 2.75) is 25.3 Å². The molecule has 1 aromatic carbocycles. The second kappa shape index (κ2) is 7.34. The Kier molecular flexibility index (Phi) is 6.40. The van der Waals surface area contributed by atoms with Crippen LogP contribution in [0.5, 0.6) is 0 Å². The molecule has 1 unspecified atom stereocenters. The maximum atomic E-state index is 12.4. The Bertz CT molecular complexity index is 454. The number of carbonyl (C=O) groups excluding carboxylic acids is 1. The molecule has 6 heteroatoms. The summed E-state index contributed by atoms with van der Waals surface area (Å²) in [6.07, 6.45) is 3.11. The summed E-state index contributed by atoms with van der Waals surface area (Å²) in [7, 11) is 0. The van der Waals surface area contributed by atoms with Crippen molar-refractivity contribution < 1.29 is 4.79 Å². The third kappa shape index (κ3) is 3.76. The number of likely N-dealkylation sites (tertiary alicyclic amines) is 1. The SMILES string of the molecule is Cl.NCC1CCCCN1C(=O)c1ccc(Cl)cc1Cl. The smallest absolute Gasteiger partial charge is 0.255 e. The number of hydrogen-bond donors (Lipinski definition) is 1. The Morgan fingerprint density at radius 1 is 1.37 bits per heavy atom. The van der Waals surface area contributed by atoms with Gasteiger partial charge in [0.05, 0.1) is 10.6 Å². The largest absolute Gasteiger partial charge is 0.334 e. The van der Waals surface area contributed by atoms with Gasteiger partial charge in [-0.3, -0.25) is 4.79 Å². The van der Waals surface area contributed by atoms with Crippen molar-refractivity contribution in [1.82, 2.24) is 4.90 Å². The molecule has 3 nitrogen and oxygen atoms in total. The zero-order chi connectivity index (χ0) is 13.1. The predicted octanol–water partition coefficient (Wildman–Crippen LogP) is 3.37. The summed E-state index contributed by atoms with van der Waals surface area (Å²) < 4.78 is 0. The molecule has 0 spiro atoms. The lowest BCUT2D eigenvalue weighted by atomic mass is 10.0. The maximum Gasteiger partial charge on any atom is 0.255 e. The maximum absolute atomic E-state index is 12.4. The topological polar surface area (TPSA) is 46.3 Å². The molecule has 1 atom stereocenters. The first-order valence-electron chi connectivity index (χ1n) is 6.09. The Morgan fingerprint density at radius 3 is 2.74 bits per heavy atom. The van der Waals surface area contributed by atoms with Gasteiger partial charge in [-0.25, -0.2) is 0 Å². The Morgan fingerprint density at radius 2 is 2.11 bits per heavy atom. The summed E-state index contributed by atoms with van der Waals surface area (Å²) in [5.41, 5.74) is 6.23. The molecule has 2 N–H and O–H groups in total. The zero-order valence-corrected chi connectivity index (χ0v) is 12.8. The fourth-order valence-electron chi connectivity index (χ4n) is 2.33. The van der Waals surface area contributed by atoms with Crippen LogP contribution >= 0.6 is 35.6 Å². The Balaban J connectivity index is 0.00000180. The average molecular weight is 324 g/mol. The van der Waals surface area contributed by atoms with E-state index in [0.29, 0.717) is 22.2 Å². The first-order valence-corrected chi connectivity index (χ1v) is 6.85. The average Bonchev–Trinajstić information content (AvgIpc) is 2.38. The van der Waals surface area contributed by atoms with Crippen molar-refractivity contribution in [1.29, 1.82) is 0 Å². The number of amides is 1. The van der Waals surface area contributed by atoms with Gasteiger partial charge in [-0.1, -0.05) is 23.2 Å². The molecule has 1 heterocycles. The monoisotopic (exact) mass is 322 g/mol. The van der Waals surface area contributed by atoms with Gasteiger partial charge in [0.15, 0.2) is 0 Å². The molecule has 1 aromatic rings. The normalized spacial score (nSPS) is 18.9. The highest BCUT2D eigenvalue weighted by atomic mass is 35.5. The number of nitrogens with two attached hydrogens (primary N) is 1. The molecule has 19 heavy (non-hydrogen) atoms. The first kappa shape index (κ1) is 16.6. The van der Waals surface area contributed by atoms with Crippen molar-refractivity contribution in [3.8, 4) is 0 Å². The molecule has 0 aromatic heterocycles. The second-order valence-electron chi connectivity index (χ2n) is 4.51. The molecule has 1 amide bonds. The van der Waals surface area contributed by atoms with Crippen LogP contribution in [-0.4, -0.2) is 29.9 Å². The lowest BCUT2D eigenvalue weighted by Gasteiger charge is -2.35. The minimum atomic E-state index is -0.0492. The number of hydrogen-bond acceptors (Lipinski definition) is 2. The van der Waals surface area contributed by atoms with E-state index in [1.165, 1.54) is 0 Å². The van der Waals surface area contributed by atoms with Gasteiger partial charge in [0.2, 0.25) is 0 Å². The first-order chi connectivity index (χ1) is 8.63. The highest BCUT2D eigenvalue weighted by molar-refractivity contribution is 6.36. The second-order valence-corrected chi connectivity index (χ2v) is 5.35. The standard InChI is InChI=1S/C13H16Cl2N2O.ClH/c14-9-4-5-11(12(15)7-9)13(18)17-6-2-1-3-10(17)8-16;/h4-5,7,10H,1-3,6,8,16H2;1H. The molecule has 1 saturated heterocycles. The summed E-state index contributed by atoms with van der Waals surface area (Å²) in [6, 6.07) is 5.08. The van der Waals surface area contributed by atoms with Crippen molar-refractivity contribution in [2.75, 3.05) is 13.1 Å². The molecule has 1 aliphatic rings. The van der Waals surface area contributed by atoms with E-state index in [0.717, 1.165) is 25.8 Å². The number of rotatable bonds is 2. The number of nitrogens with zero attached hydrogens (tertiary/aromatic N) is 1. The lowest BCUT2D eigenvalue weighted by molar-refractivity contribution is 0.0623. The van der Waals surface area contributed by atoms with Crippen LogP contribution in [0.2, 0.25) is 10.0 Å². The molecular formula is C13H17Cl3N2O. The van der Waals surface area contributed by atoms with Gasteiger partial charge in [-0.05, 0) is 37.5 Å². The van der Waals surface area contributed by atoms with E-state index in [-0.39, 0.29) is 24.4 Å². The molecule has 0 aliphatic carbocycles. The van der Waals surface area contributed by atoms with Crippen LogP contribution in [0.4, 0.5) is 0 Å². The third-order valence-corrected chi connectivity index (χ3v) is 3.87. The van der Waals surface area contributed by atoms with E-state index in [1.54, 1.807) is 18.2 Å². The van der Waals surface area contributed by atoms with E-state index in [2.05, 4.69) is 0 Å². The van der Waals surface area contributed by atoms with Crippen LogP contribution in [0.25, 0.3) is 0 Å². The number of carbonyl (C=O) groups is 1. The highest BCUT2D eigenvalue weighted by Gasteiger charge is 2.27. The summed E-state index contributed by atoms with van der Waals surface area (Å²) >= 11 is 11.9. The minimum absolute atomic E-state index is 0. The zero-order valence-electron chi connectivity index (χ0n) is 10.4. The van der Waals surface area contributed by atoms with Crippen LogP contribution in [0.3, 0.4) is 0 Å². The summed E-state index contributed by atoms with van der Waals surface area (Å²) in [6.45, 7) is 1.25. The van der Waals surface area contributed by atoms with Crippen LogP contribution in [0.1, 0.15) is 29.6 Å². The van der Waals surface area contributed by atoms with Crippen molar-refractivity contribution in [2.24, 2.45) is 5.73 Å². The number of halogens is 3. The van der Waals surface area contributed by atoms with Crippen molar-refractivity contribution in [3.05, 3.63) is 33.8 Å². The molecule has 2 rings (SSSR count). The molecule has 0 saturated carbocycles. The molecule has 106 valence electrons. The van der Waals surface area contributed by atoms with E-state index < -0.39 is 0 Å². The third-order valence-electron chi connectivity index (χ3n) is 3.32. The summed E-state index contributed by atoms with van der Waals surface area (Å²) in [5, 5.41) is 0.930. The van der Waals surface area contributed by atoms with Crippen LogP contribution < -0.4 is 5.73 Å². The van der Waals surface area contributed by atoms with Gasteiger partial charge in [0, 0.05) is 24.2 Å². The van der Waals surface area contributed by atoms with E-state index in [1.807, 2.05) is 4.90 Å². The van der Waals surface area contributed by atoms with Crippen LogP contribution in [0, 0.1) is 0 Å². The summed E-state index contributed by atoms with van der Waals surface area (Å²) in [4.78, 5) is 14.3. The van der Waals surface area contributed by atoms with E-state index >= 15 is 0 Å². The quantitative estimate of drug-likeness (QED) is 0.907. The number of piperidine rings is 1. The lowest BCUT2D eigenvalue weighted by Crippen LogP contribution is -2.47. The highest BCUT2D eigenvalue weighted by Crippen LogP contribution is 2.25. The molecule has 1 fully saturated rings. The van der Waals surface area contributed by atoms with Crippen molar-refractivity contribution >= 4 is 41.5 Å². The van der Waals surface area contributed by atoms with Crippen LogP contribution in [0.15, 0.2) is 18.2 Å². The fourth-order valence-corrected chi connectivity index (χ4v) is 2.82.